The molecule has 114 valence electrons. The van der Waals surface area contributed by atoms with Crippen molar-refractivity contribution in [2.75, 3.05) is 0 Å². The number of hydrogen-bond acceptors (Lipinski definition) is 4. The standard InChI is InChI=1S/C11H14N8.2ClH/c12-10(13)18-16-8-5-9(17-19-11(14)15)7-4-2-1-3-6(7)8;;/h1-4H,5H2,(H4,12,13,18)(H4,14,15,19);2*1H. The van der Waals surface area contributed by atoms with Gasteiger partial charge >= 0.3 is 0 Å². The Morgan fingerprint density at radius 1 is 0.762 bits per heavy atom. The second-order valence-electron chi connectivity index (χ2n) is 3.87. The van der Waals surface area contributed by atoms with Crippen LogP contribution in [-0.4, -0.2) is 23.3 Å². The number of nitrogens with zero attached hydrogens (tertiary/aromatic N) is 4. The number of hydrogen-bond donors (Lipinski definition) is 4. The van der Waals surface area contributed by atoms with Crippen molar-refractivity contribution in [3.8, 4) is 0 Å². The average Bonchev–Trinajstić information content (AvgIpc) is 2.72. The summed E-state index contributed by atoms with van der Waals surface area (Å²) < 4.78 is 0. The van der Waals surface area contributed by atoms with E-state index in [0.717, 1.165) is 11.1 Å². The van der Waals surface area contributed by atoms with E-state index < -0.39 is 0 Å². The van der Waals surface area contributed by atoms with Crippen molar-refractivity contribution in [1.29, 1.82) is 0 Å². The number of rotatable bonds is 2. The first-order valence-corrected chi connectivity index (χ1v) is 5.48. The van der Waals surface area contributed by atoms with Crippen LogP contribution in [0.5, 0.6) is 0 Å². The van der Waals surface area contributed by atoms with Gasteiger partial charge in [-0.1, -0.05) is 24.3 Å². The van der Waals surface area contributed by atoms with Gasteiger partial charge in [0.2, 0.25) is 11.9 Å². The minimum absolute atomic E-state index is 0. The molecule has 0 amide bonds. The Hall–Kier alpha value is -2.32. The number of guanidine groups is 2. The summed E-state index contributed by atoms with van der Waals surface area (Å²) >= 11 is 0. The summed E-state index contributed by atoms with van der Waals surface area (Å²) in [5.41, 5.74) is 24.3. The van der Waals surface area contributed by atoms with Crippen molar-refractivity contribution < 1.29 is 0 Å². The molecule has 0 radical (unpaired) electrons. The van der Waals surface area contributed by atoms with Gasteiger partial charge < -0.3 is 22.9 Å². The van der Waals surface area contributed by atoms with Gasteiger partial charge in [0, 0.05) is 17.5 Å². The fraction of sp³-hybridized carbons (Fsp3) is 0.0909. The van der Waals surface area contributed by atoms with Gasteiger partial charge in [-0.05, 0) is 0 Å². The molecule has 1 aliphatic carbocycles. The number of fused-ring (bicyclic) bond motifs is 1. The summed E-state index contributed by atoms with van der Waals surface area (Å²) in [7, 11) is 0. The van der Waals surface area contributed by atoms with Gasteiger partial charge in [0.05, 0.1) is 11.4 Å². The molecule has 0 fully saturated rings. The van der Waals surface area contributed by atoms with Crippen LogP contribution in [0.4, 0.5) is 0 Å². The molecule has 8 nitrogen and oxygen atoms in total. The zero-order chi connectivity index (χ0) is 13.8. The first kappa shape index (κ1) is 18.7. The molecule has 1 aromatic rings. The van der Waals surface area contributed by atoms with Gasteiger partial charge in [0.15, 0.2) is 0 Å². The van der Waals surface area contributed by atoms with Crippen LogP contribution in [0.1, 0.15) is 17.5 Å². The monoisotopic (exact) mass is 330 g/mol. The smallest absolute Gasteiger partial charge is 0.211 e. The molecular formula is C11H16Cl2N8. The highest BCUT2D eigenvalue weighted by Gasteiger charge is 2.23. The minimum atomic E-state index is -0.0976. The molecule has 10 heteroatoms. The quantitative estimate of drug-likeness (QED) is 0.339. The van der Waals surface area contributed by atoms with E-state index in [0.29, 0.717) is 17.8 Å². The zero-order valence-electron chi connectivity index (χ0n) is 10.9. The molecular weight excluding hydrogens is 315 g/mol. The molecule has 0 aliphatic heterocycles. The molecule has 1 aliphatic rings. The summed E-state index contributed by atoms with van der Waals surface area (Å²) in [4.78, 5) is 0. The molecule has 0 saturated carbocycles. The number of benzene rings is 1. The van der Waals surface area contributed by atoms with E-state index in [2.05, 4.69) is 20.4 Å². The Labute approximate surface area is 133 Å². The third-order valence-corrected chi connectivity index (χ3v) is 2.46. The molecule has 2 rings (SSSR count). The van der Waals surface area contributed by atoms with Crippen molar-refractivity contribution in [2.24, 2.45) is 43.3 Å². The highest BCUT2D eigenvalue weighted by atomic mass is 35.5. The van der Waals surface area contributed by atoms with E-state index in [1.165, 1.54) is 0 Å². The lowest BCUT2D eigenvalue weighted by atomic mass is 10.1. The van der Waals surface area contributed by atoms with Crippen LogP contribution in [0.15, 0.2) is 44.7 Å². The van der Waals surface area contributed by atoms with E-state index in [1.807, 2.05) is 24.3 Å². The largest absolute Gasteiger partial charge is 0.369 e. The maximum Gasteiger partial charge on any atom is 0.211 e. The fourth-order valence-corrected chi connectivity index (χ4v) is 1.75. The first-order chi connectivity index (χ1) is 9.08. The van der Waals surface area contributed by atoms with Crippen molar-refractivity contribution in [1.82, 2.24) is 0 Å². The van der Waals surface area contributed by atoms with Gasteiger partial charge in [0.1, 0.15) is 0 Å². The van der Waals surface area contributed by atoms with E-state index in [4.69, 9.17) is 22.9 Å². The molecule has 1 aromatic carbocycles. The van der Waals surface area contributed by atoms with Crippen molar-refractivity contribution >= 4 is 48.2 Å². The van der Waals surface area contributed by atoms with Crippen LogP contribution in [0, 0.1) is 0 Å². The van der Waals surface area contributed by atoms with E-state index in [-0.39, 0.29) is 36.7 Å². The average molecular weight is 331 g/mol. The Morgan fingerprint density at radius 2 is 1.14 bits per heavy atom. The lowest BCUT2D eigenvalue weighted by Crippen LogP contribution is -2.22. The van der Waals surface area contributed by atoms with Crippen LogP contribution in [0.3, 0.4) is 0 Å². The molecule has 0 atom stereocenters. The third kappa shape index (κ3) is 4.62. The second kappa shape index (κ2) is 8.08. The molecule has 0 heterocycles. The fourth-order valence-electron chi connectivity index (χ4n) is 1.75. The maximum absolute atomic E-state index is 5.26. The summed E-state index contributed by atoms with van der Waals surface area (Å²) in [5, 5.41) is 15.3. The molecule has 8 N–H and O–H groups in total. The van der Waals surface area contributed by atoms with Gasteiger partial charge in [-0.2, -0.15) is 10.2 Å². The maximum atomic E-state index is 5.26. The van der Waals surface area contributed by atoms with Crippen LogP contribution >= 0.6 is 24.8 Å². The molecule has 0 bridgehead atoms. The predicted octanol–water partition coefficient (Wildman–Crippen LogP) is -0.111. The predicted molar refractivity (Wildman–Crippen MR) is 90.2 cm³/mol. The van der Waals surface area contributed by atoms with Crippen LogP contribution in [-0.2, 0) is 0 Å². The topological polar surface area (TPSA) is 154 Å². The van der Waals surface area contributed by atoms with Crippen LogP contribution in [0.25, 0.3) is 0 Å². The summed E-state index contributed by atoms with van der Waals surface area (Å²) in [6, 6.07) is 7.61. The lowest BCUT2D eigenvalue weighted by Gasteiger charge is -1.96. The van der Waals surface area contributed by atoms with Gasteiger partial charge in [-0.15, -0.1) is 35.0 Å². The van der Waals surface area contributed by atoms with Crippen molar-refractivity contribution in [3.63, 3.8) is 0 Å². The highest BCUT2D eigenvalue weighted by molar-refractivity contribution is 6.28. The van der Waals surface area contributed by atoms with Crippen molar-refractivity contribution in [2.45, 2.75) is 6.42 Å². The summed E-state index contributed by atoms with van der Waals surface area (Å²) in [6.45, 7) is 0. The Morgan fingerprint density at radius 3 is 1.48 bits per heavy atom. The van der Waals surface area contributed by atoms with Gasteiger partial charge in [-0.3, -0.25) is 0 Å². The molecule has 0 spiro atoms. The van der Waals surface area contributed by atoms with E-state index in [9.17, 15) is 0 Å². The number of nitrogens with two attached hydrogens (primary N) is 4. The Bertz CT molecular complexity index is 559. The minimum Gasteiger partial charge on any atom is -0.369 e. The molecule has 0 unspecified atom stereocenters. The summed E-state index contributed by atoms with van der Waals surface area (Å²) in [6.07, 6.45) is 0.465. The van der Waals surface area contributed by atoms with Crippen molar-refractivity contribution in [3.05, 3.63) is 35.4 Å². The van der Waals surface area contributed by atoms with Gasteiger partial charge in [-0.25, -0.2) is 0 Å². The molecule has 0 saturated heterocycles. The van der Waals surface area contributed by atoms with Crippen LogP contribution in [0.2, 0.25) is 0 Å². The summed E-state index contributed by atoms with van der Waals surface area (Å²) in [5.74, 6) is -0.195. The van der Waals surface area contributed by atoms with E-state index >= 15 is 0 Å². The zero-order valence-corrected chi connectivity index (χ0v) is 12.6. The second-order valence-corrected chi connectivity index (χ2v) is 3.87. The van der Waals surface area contributed by atoms with Crippen LogP contribution < -0.4 is 22.9 Å². The van der Waals surface area contributed by atoms with Gasteiger partial charge in [0.25, 0.3) is 0 Å². The van der Waals surface area contributed by atoms with E-state index in [1.54, 1.807) is 0 Å². The Kier molecular flexibility index (Phi) is 7.18. The highest BCUT2D eigenvalue weighted by Crippen LogP contribution is 2.23. The first-order valence-electron chi connectivity index (χ1n) is 5.48. The lowest BCUT2D eigenvalue weighted by molar-refractivity contribution is 1.18. The third-order valence-electron chi connectivity index (χ3n) is 2.46. The Balaban J connectivity index is 0.00000200. The molecule has 0 aromatic heterocycles. The SMILES string of the molecule is Cl.Cl.NC(N)=NN=C1CC(=NN=C(N)N)c2ccccc21. The molecule has 21 heavy (non-hydrogen) atoms. The normalized spacial score (nSPS) is 15.6. The number of halogens is 2.